The van der Waals surface area contributed by atoms with Crippen LogP contribution < -0.4 is 0 Å². The number of ketones is 2. The van der Waals surface area contributed by atoms with Gasteiger partial charge in [0.2, 0.25) is 0 Å². The average Bonchev–Trinajstić information content (AvgIpc) is 2.63. The van der Waals surface area contributed by atoms with Crippen LogP contribution in [0.25, 0.3) is 0 Å². The van der Waals surface area contributed by atoms with Crippen molar-refractivity contribution in [1.29, 1.82) is 0 Å². The van der Waals surface area contributed by atoms with Gasteiger partial charge in [0.15, 0.2) is 11.6 Å². The summed E-state index contributed by atoms with van der Waals surface area (Å²) in [6.07, 6.45) is -0.634. The predicted molar refractivity (Wildman–Crippen MR) is 90.4 cm³/mol. The van der Waals surface area contributed by atoms with Gasteiger partial charge in [0.25, 0.3) is 0 Å². The highest BCUT2D eigenvalue weighted by Gasteiger charge is 2.10. The molecule has 1 N–H and O–H groups in total. The van der Waals surface area contributed by atoms with Crippen molar-refractivity contribution < 1.29 is 29.0 Å². The Morgan fingerprint density at radius 3 is 1.52 bits per heavy atom. The number of methoxy groups -OCH3 is 1. The lowest BCUT2D eigenvalue weighted by atomic mass is 10.1. The van der Waals surface area contributed by atoms with E-state index >= 15 is 0 Å². The van der Waals surface area contributed by atoms with E-state index in [1.54, 1.807) is 54.6 Å². The van der Waals surface area contributed by atoms with Crippen molar-refractivity contribution in [1.82, 2.24) is 0 Å². The fraction of sp³-hybridized carbons (Fsp3) is 0.158. The minimum absolute atomic E-state index is 0.194. The predicted octanol–water partition coefficient (Wildman–Crippen LogP) is 2.78. The van der Waals surface area contributed by atoms with Crippen LogP contribution in [-0.4, -0.2) is 35.7 Å². The molecule has 2 aromatic carbocycles. The molecule has 2 aromatic rings. The highest BCUT2D eigenvalue weighted by molar-refractivity contribution is 6.06. The highest BCUT2D eigenvalue weighted by atomic mass is 16.5. The number of aliphatic carboxylic acids is 1. The Labute approximate surface area is 145 Å². The Kier molecular flexibility index (Phi) is 8.29. The van der Waals surface area contributed by atoms with Crippen LogP contribution in [0.1, 0.15) is 33.6 Å². The maximum absolute atomic E-state index is 11.3. The van der Waals surface area contributed by atoms with Gasteiger partial charge in [-0.3, -0.25) is 19.2 Å². The number of carbonyl (C=O) groups excluding carboxylic acids is 3. The summed E-state index contributed by atoms with van der Waals surface area (Å²) in [4.78, 5) is 43.3. The minimum Gasteiger partial charge on any atom is -0.481 e. The Morgan fingerprint density at radius 2 is 1.16 bits per heavy atom. The largest absolute Gasteiger partial charge is 0.481 e. The maximum Gasteiger partial charge on any atom is 0.313 e. The van der Waals surface area contributed by atoms with Crippen molar-refractivity contribution in [2.45, 2.75) is 12.8 Å². The van der Waals surface area contributed by atoms with Crippen molar-refractivity contribution >= 4 is 23.5 Å². The molecule has 0 bridgehead atoms. The zero-order valence-electron chi connectivity index (χ0n) is 13.7. The molecular weight excluding hydrogens is 324 g/mol. The standard InChI is InChI=1S/C10H10O3.C9H8O3/c1-13-10(12)7-9(11)8-5-3-2-4-6-8;10-8(6-9(11)12)7-4-2-1-3-5-7/h2-6H,7H2,1H3;1-5H,6H2,(H,11,12). The molecule has 0 aliphatic carbocycles. The average molecular weight is 342 g/mol. The summed E-state index contributed by atoms with van der Waals surface area (Å²) in [5, 5.41) is 8.32. The molecule has 6 heteroatoms. The van der Waals surface area contributed by atoms with Gasteiger partial charge < -0.3 is 9.84 Å². The molecule has 0 saturated carbocycles. The van der Waals surface area contributed by atoms with Gasteiger partial charge >= 0.3 is 11.9 Å². The number of hydrogen-bond acceptors (Lipinski definition) is 5. The molecule has 0 aliphatic rings. The van der Waals surface area contributed by atoms with Crippen molar-refractivity contribution in [2.24, 2.45) is 0 Å². The second-order valence-corrected chi connectivity index (χ2v) is 4.90. The highest BCUT2D eigenvalue weighted by Crippen LogP contribution is 2.03. The summed E-state index contributed by atoms with van der Waals surface area (Å²) < 4.78 is 4.38. The quantitative estimate of drug-likeness (QED) is 0.492. The first kappa shape index (κ1) is 19.8. The molecule has 0 radical (unpaired) electrons. The van der Waals surface area contributed by atoms with E-state index in [1.165, 1.54) is 7.11 Å². The van der Waals surface area contributed by atoms with Crippen LogP contribution >= 0.6 is 0 Å². The summed E-state index contributed by atoms with van der Waals surface area (Å²) >= 11 is 0. The van der Waals surface area contributed by atoms with Gasteiger partial charge in [0.05, 0.1) is 7.11 Å². The SMILES string of the molecule is COC(=O)CC(=O)c1ccccc1.O=C(O)CC(=O)c1ccccc1. The molecule has 0 aliphatic heterocycles. The van der Waals surface area contributed by atoms with Crippen LogP contribution in [0, 0.1) is 0 Å². The second kappa shape index (κ2) is 10.5. The third-order valence-corrected chi connectivity index (χ3v) is 3.04. The minimum atomic E-state index is -1.09. The van der Waals surface area contributed by atoms with Gasteiger partial charge in [-0.25, -0.2) is 0 Å². The molecular formula is C19H18O6. The molecule has 0 aromatic heterocycles. The summed E-state index contributed by atoms with van der Waals surface area (Å²) in [6, 6.07) is 17.1. The van der Waals surface area contributed by atoms with E-state index in [2.05, 4.69) is 4.74 Å². The summed E-state index contributed by atoms with van der Waals surface area (Å²) in [5.41, 5.74) is 0.979. The second-order valence-electron chi connectivity index (χ2n) is 4.90. The molecule has 0 spiro atoms. The maximum atomic E-state index is 11.3. The molecule has 2 rings (SSSR count). The fourth-order valence-electron chi connectivity index (χ4n) is 1.79. The Bertz CT molecular complexity index is 722. The van der Waals surface area contributed by atoms with Gasteiger partial charge in [-0.1, -0.05) is 60.7 Å². The van der Waals surface area contributed by atoms with Gasteiger partial charge in [-0.05, 0) is 0 Å². The lowest BCUT2D eigenvalue weighted by Gasteiger charge is -1.98. The first-order valence-corrected chi connectivity index (χ1v) is 7.39. The number of esters is 1. The number of benzene rings is 2. The van der Waals surface area contributed by atoms with E-state index in [-0.39, 0.29) is 18.0 Å². The number of carboxylic acid groups (broad SMARTS) is 1. The molecule has 0 saturated heterocycles. The molecule has 25 heavy (non-hydrogen) atoms. The van der Waals surface area contributed by atoms with Crippen molar-refractivity contribution in [3.05, 3.63) is 71.8 Å². The number of ether oxygens (including phenoxy) is 1. The Morgan fingerprint density at radius 1 is 0.760 bits per heavy atom. The van der Waals surface area contributed by atoms with Crippen LogP contribution in [-0.2, 0) is 14.3 Å². The molecule has 0 fully saturated rings. The molecule has 6 nitrogen and oxygen atoms in total. The van der Waals surface area contributed by atoms with Gasteiger partial charge in [0.1, 0.15) is 12.8 Å². The monoisotopic (exact) mass is 342 g/mol. The Hall–Kier alpha value is -3.28. The van der Waals surface area contributed by atoms with Crippen LogP contribution in [0.2, 0.25) is 0 Å². The van der Waals surface area contributed by atoms with E-state index in [0.29, 0.717) is 11.1 Å². The summed E-state index contributed by atoms with van der Waals surface area (Å²) in [6.45, 7) is 0. The topological polar surface area (TPSA) is 97.7 Å². The lowest BCUT2D eigenvalue weighted by molar-refractivity contribution is -0.139. The number of Topliss-reactive ketones (excluding diaryl/α,β-unsaturated/α-hetero) is 2. The van der Waals surface area contributed by atoms with E-state index in [4.69, 9.17) is 5.11 Å². The van der Waals surface area contributed by atoms with Crippen molar-refractivity contribution in [3.63, 3.8) is 0 Å². The normalized spacial score (nSPS) is 9.32. The van der Waals surface area contributed by atoms with Crippen LogP contribution in [0.15, 0.2) is 60.7 Å². The van der Waals surface area contributed by atoms with Crippen LogP contribution in [0.3, 0.4) is 0 Å². The zero-order chi connectivity index (χ0) is 18.7. The van der Waals surface area contributed by atoms with E-state index < -0.39 is 18.4 Å². The molecule has 0 atom stereocenters. The van der Waals surface area contributed by atoms with E-state index in [9.17, 15) is 19.2 Å². The lowest BCUT2D eigenvalue weighted by Crippen LogP contribution is -2.09. The van der Waals surface area contributed by atoms with Crippen LogP contribution in [0.4, 0.5) is 0 Å². The Balaban J connectivity index is 0.000000251. The molecule has 0 amide bonds. The molecule has 0 heterocycles. The van der Waals surface area contributed by atoms with E-state index in [0.717, 1.165) is 0 Å². The summed E-state index contributed by atoms with van der Waals surface area (Å²) in [5.74, 6) is -2.17. The summed E-state index contributed by atoms with van der Waals surface area (Å²) in [7, 11) is 1.26. The molecule has 130 valence electrons. The molecule has 0 unspecified atom stereocenters. The first-order valence-electron chi connectivity index (χ1n) is 7.39. The first-order chi connectivity index (χ1) is 11.9. The van der Waals surface area contributed by atoms with Gasteiger partial charge in [-0.15, -0.1) is 0 Å². The number of hydrogen-bond donors (Lipinski definition) is 1. The number of carbonyl (C=O) groups is 4. The van der Waals surface area contributed by atoms with Gasteiger partial charge in [0, 0.05) is 11.1 Å². The van der Waals surface area contributed by atoms with Crippen LogP contribution in [0.5, 0.6) is 0 Å². The third kappa shape index (κ3) is 7.69. The smallest absolute Gasteiger partial charge is 0.313 e. The van der Waals surface area contributed by atoms with Crippen molar-refractivity contribution in [3.8, 4) is 0 Å². The third-order valence-electron chi connectivity index (χ3n) is 3.04. The zero-order valence-corrected chi connectivity index (χ0v) is 13.7. The number of rotatable bonds is 6. The van der Waals surface area contributed by atoms with E-state index in [1.807, 2.05) is 6.07 Å². The van der Waals surface area contributed by atoms with Crippen molar-refractivity contribution in [2.75, 3.05) is 7.11 Å². The number of carboxylic acids is 1. The fourth-order valence-corrected chi connectivity index (χ4v) is 1.79. The van der Waals surface area contributed by atoms with Gasteiger partial charge in [-0.2, -0.15) is 0 Å².